The number of ether oxygens (including phenoxy) is 2. The Labute approximate surface area is 144 Å². The maximum atomic E-state index is 13.9. The van der Waals surface area contributed by atoms with Crippen LogP contribution in [0, 0.1) is 11.6 Å². The summed E-state index contributed by atoms with van der Waals surface area (Å²) < 4.78 is 37.6. The SMILES string of the molecule is COC(=O)c1cc(NC(=O)N2CCOC(CN(C)C)C2)c(F)cc1F. The third-order valence-corrected chi connectivity index (χ3v) is 3.70. The van der Waals surface area contributed by atoms with Gasteiger partial charge in [-0.25, -0.2) is 18.4 Å². The van der Waals surface area contributed by atoms with E-state index in [0.29, 0.717) is 32.3 Å². The van der Waals surface area contributed by atoms with Crippen molar-refractivity contribution in [2.75, 3.05) is 52.8 Å². The zero-order valence-corrected chi connectivity index (χ0v) is 14.3. The molecule has 0 saturated carbocycles. The summed E-state index contributed by atoms with van der Waals surface area (Å²) in [6, 6.07) is 0.913. The molecule has 0 spiro atoms. The molecule has 2 rings (SSSR count). The van der Waals surface area contributed by atoms with E-state index in [1.807, 2.05) is 19.0 Å². The van der Waals surface area contributed by atoms with Crippen LogP contribution in [-0.4, -0.2) is 75.4 Å². The van der Waals surface area contributed by atoms with E-state index in [0.717, 1.165) is 13.2 Å². The standard InChI is InChI=1S/C16H21F2N3O4/c1-20(2)8-10-9-21(4-5-25-10)16(23)19-14-6-11(15(22)24-3)12(17)7-13(14)18/h6-7,10H,4-5,8-9H2,1-3H3,(H,19,23). The first-order chi connectivity index (χ1) is 11.8. The molecule has 1 N–H and O–H groups in total. The van der Waals surface area contributed by atoms with Gasteiger partial charge in [0.1, 0.15) is 11.6 Å². The summed E-state index contributed by atoms with van der Waals surface area (Å²) >= 11 is 0. The van der Waals surface area contributed by atoms with Crippen molar-refractivity contribution in [3.63, 3.8) is 0 Å². The van der Waals surface area contributed by atoms with Crippen molar-refractivity contribution in [1.82, 2.24) is 9.80 Å². The Morgan fingerprint density at radius 2 is 2.08 bits per heavy atom. The summed E-state index contributed by atoms with van der Waals surface area (Å²) in [7, 11) is 4.87. The van der Waals surface area contributed by atoms with E-state index >= 15 is 0 Å². The van der Waals surface area contributed by atoms with Gasteiger partial charge in [-0.15, -0.1) is 0 Å². The van der Waals surface area contributed by atoms with Crippen molar-refractivity contribution in [2.24, 2.45) is 0 Å². The Morgan fingerprint density at radius 3 is 2.72 bits per heavy atom. The molecule has 1 fully saturated rings. The molecule has 1 aromatic carbocycles. The number of carbonyl (C=O) groups is 2. The molecule has 0 aromatic heterocycles. The monoisotopic (exact) mass is 357 g/mol. The number of rotatable bonds is 4. The Balaban J connectivity index is 2.10. The molecule has 138 valence electrons. The van der Waals surface area contributed by atoms with Crippen molar-refractivity contribution in [3.8, 4) is 0 Å². The number of morpholine rings is 1. The number of hydrogen-bond donors (Lipinski definition) is 1. The highest BCUT2D eigenvalue weighted by molar-refractivity contribution is 5.94. The number of halogens is 2. The summed E-state index contributed by atoms with van der Waals surface area (Å²) in [5.41, 5.74) is -0.742. The van der Waals surface area contributed by atoms with Gasteiger partial charge in [-0.3, -0.25) is 0 Å². The number of carbonyl (C=O) groups excluding carboxylic acids is 2. The van der Waals surface area contributed by atoms with E-state index < -0.39 is 29.2 Å². The van der Waals surface area contributed by atoms with E-state index in [1.54, 1.807) is 0 Å². The molecule has 25 heavy (non-hydrogen) atoms. The number of esters is 1. The number of amides is 2. The first kappa shape index (κ1) is 19.1. The Morgan fingerprint density at radius 1 is 1.36 bits per heavy atom. The molecule has 1 atom stereocenters. The highest BCUT2D eigenvalue weighted by atomic mass is 19.1. The Kier molecular flexibility index (Phi) is 6.27. The molecule has 2 amide bonds. The summed E-state index contributed by atoms with van der Waals surface area (Å²) in [5, 5.41) is 2.37. The summed E-state index contributed by atoms with van der Waals surface area (Å²) in [4.78, 5) is 27.3. The fourth-order valence-electron chi connectivity index (χ4n) is 2.53. The number of hydrogen-bond acceptors (Lipinski definition) is 5. The number of anilines is 1. The van der Waals surface area contributed by atoms with E-state index in [9.17, 15) is 18.4 Å². The van der Waals surface area contributed by atoms with Crippen LogP contribution in [0.3, 0.4) is 0 Å². The molecule has 1 saturated heterocycles. The lowest BCUT2D eigenvalue weighted by molar-refractivity contribution is -0.0229. The molecular weight excluding hydrogens is 336 g/mol. The third kappa shape index (κ3) is 4.86. The van der Waals surface area contributed by atoms with E-state index in [4.69, 9.17) is 4.74 Å². The van der Waals surface area contributed by atoms with Gasteiger partial charge < -0.3 is 24.6 Å². The molecule has 1 aliphatic rings. The van der Waals surface area contributed by atoms with Gasteiger partial charge >= 0.3 is 12.0 Å². The fraction of sp³-hybridized carbons (Fsp3) is 0.500. The number of nitrogens with zero attached hydrogens (tertiary/aromatic N) is 2. The maximum absolute atomic E-state index is 13.9. The lowest BCUT2D eigenvalue weighted by Gasteiger charge is -2.34. The van der Waals surface area contributed by atoms with E-state index in [-0.39, 0.29) is 11.8 Å². The second kappa shape index (κ2) is 8.21. The second-order valence-corrected chi connectivity index (χ2v) is 5.93. The second-order valence-electron chi connectivity index (χ2n) is 5.93. The topological polar surface area (TPSA) is 71.1 Å². The molecular formula is C16H21F2N3O4. The first-order valence-corrected chi connectivity index (χ1v) is 7.71. The predicted octanol–water partition coefficient (Wildman–Crippen LogP) is 1.55. The van der Waals surface area contributed by atoms with Crippen molar-refractivity contribution < 1.29 is 27.8 Å². The summed E-state index contributed by atoms with van der Waals surface area (Å²) in [6.45, 7) is 1.70. The number of likely N-dealkylation sites (N-methyl/N-ethyl adjacent to an activating group) is 1. The van der Waals surface area contributed by atoms with Gasteiger partial charge in [-0.05, 0) is 20.2 Å². The van der Waals surface area contributed by atoms with Crippen molar-refractivity contribution >= 4 is 17.7 Å². The van der Waals surface area contributed by atoms with Gasteiger partial charge in [0, 0.05) is 25.7 Å². The number of methoxy groups -OCH3 is 1. The zero-order chi connectivity index (χ0) is 18.6. The van der Waals surface area contributed by atoms with E-state index in [1.165, 1.54) is 4.90 Å². The zero-order valence-electron chi connectivity index (χ0n) is 14.3. The Hall–Kier alpha value is -2.26. The van der Waals surface area contributed by atoms with E-state index in [2.05, 4.69) is 10.1 Å². The molecule has 0 aliphatic carbocycles. The van der Waals surface area contributed by atoms with Crippen LogP contribution in [0.2, 0.25) is 0 Å². The molecule has 0 bridgehead atoms. The summed E-state index contributed by atoms with van der Waals surface area (Å²) in [5.74, 6) is -2.98. The molecule has 7 nitrogen and oxygen atoms in total. The average Bonchev–Trinajstić information content (AvgIpc) is 2.56. The highest BCUT2D eigenvalue weighted by Gasteiger charge is 2.26. The van der Waals surface area contributed by atoms with Crippen LogP contribution in [0.5, 0.6) is 0 Å². The van der Waals surface area contributed by atoms with Crippen molar-refractivity contribution in [2.45, 2.75) is 6.10 Å². The van der Waals surface area contributed by atoms with Crippen LogP contribution in [0.25, 0.3) is 0 Å². The first-order valence-electron chi connectivity index (χ1n) is 7.71. The third-order valence-electron chi connectivity index (χ3n) is 3.70. The van der Waals surface area contributed by atoms with Crippen LogP contribution in [-0.2, 0) is 9.47 Å². The lowest BCUT2D eigenvalue weighted by atomic mass is 10.1. The highest BCUT2D eigenvalue weighted by Crippen LogP contribution is 2.21. The van der Waals surface area contributed by atoms with Gasteiger partial charge in [0.05, 0.1) is 31.1 Å². The molecule has 0 radical (unpaired) electrons. The van der Waals surface area contributed by atoms with Crippen molar-refractivity contribution in [3.05, 3.63) is 29.3 Å². The van der Waals surface area contributed by atoms with Gasteiger partial charge in [-0.1, -0.05) is 0 Å². The minimum Gasteiger partial charge on any atom is -0.465 e. The van der Waals surface area contributed by atoms with Crippen LogP contribution in [0.1, 0.15) is 10.4 Å². The van der Waals surface area contributed by atoms with Gasteiger partial charge in [-0.2, -0.15) is 0 Å². The molecule has 1 aliphatic heterocycles. The smallest absolute Gasteiger partial charge is 0.340 e. The normalized spacial score (nSPS) is 17.5. The molecule has 1 aromatic rings. The van der Waals surface area contributed by atoms with Crippen LogP contribution < -0.4 is 5.32 Å². The van der Waals surface area contributed by atoms with Crippen LogP contribution in [0.15, 0.2) is 12.1 Å². The van der Waals surface area contributed by atoms with Crippen LogP contribution >= 0.6 is 0 Å². The molecule has 1 heterocycles. The minimum absolute atomic E-state index is 0.154. The Bertz CT molecular complexity index is 655. The number of benzene rings is 1. The quantitative estimate of drug-likeness (QED) is 0.828. The minimum atomic E-state index is -1.06. The molecule has 9 heteroatoms. The summed E-state index contributed by atoms with van der Waals surface area (Å²) in [6.07, 6.45) is -0.154. The molecule has 1 unspecified atom stereocenters. The van der Waals surface area contributed by atoms with Gasteiger partial charge in [0.2, 0.25) is 0 Å². The maximum Gasteiger partial charge on any atom is 0.340 e. The van der Waals surface area contributed by atoms with Crippen LogP contribution in [0.4, 0.5) is 19.3 Å². The van der Waals surface area contributed by atoms with Gasteiger partial charge in [0.15, 0.2) is 0 Å². The van der Waals surface area contributed by atoms with Gasteiger partial charge in [0.25, 0.3) is 0 Å². The predicted molar refractivity (Wildman–Crippen MR) is 86.6 cm³/mol. The van der Waals surface area contributed by atoms with Crippen molar-refractivity contribution in [1.29, 1.82) is 0 Å². The number of nitrogens with one attached hydrogen (secondary N) is 1. The number of urea groups is 1. The average molecular weight is 357 g/mol. The lowest BCUT2D eigenvalue weighted by Crippen LogP contribution is -2.50. The fourth-order valence-corrected chi connectivity index (χ4v) is 2.53. The largest absolute Gasteiger partial charge is 0.465 e.